The molecule has 0 aliphatic rings. The fourth-order valence-corrected chi connectivity index (χ4v) is 2.59. The molecule has 0 saturated heterocycles. The highest BCUT2D eigenvalue weighted by molar-refractivity contribution is 9.10. The molecule has 0 atom stereocenters. The van der Waals surface area contributed by atoms with Crippen molar-refractivity contribution in [2.75, 3.05) is 0 Å². The number of aromatic nitrogens is 3. The average molecular weight is 280 g/mol. The molecule has 15 heavy (non-hydrogen) atoms. The van der Waals surface area contributed by atoms with Gasteiger partial charge < -0.3 is 0 Å². The fourth-order valence-electron chi connectivity index (χ4n) is 1.46. The van der Waals surface area contributed by atoms with Gasteiger partial charge in [-0.05, 0) is 28.1 Å². The molecule has 3 aromatic heterocycles. The maximum Gasteiger partial charge on any atom is 0.138 e. The van der Waals surface area contributed by atoms with Crippen molar-refractivity contribution < 1.29 is 0 Å². The molecule has 0 N–H and O–H groups in total. The summed E-state index contributed by atoms with van der Waals surface area (Å²) in [6.45, 7) is 0. The highest BCUT2D eigenvalue weighted by atomic mass is 79.9. The third kappa shape index (κ3) is 1.39. The lowest BCUT2D eigenvalue weighted by Crippen LogP contribution is -1.81. The summed E-state index contributed by atoms with van der Waals surface area (Å²) in [5.41, 5.74) is 4.54. The van der Waals surface area contributed by atoms with Crippen LogP contribution in [0.1, 0.15) is 0 Å². The topological polar surface area (TPSA) is 30.2 Å². The Balaban J connectivity index is 2.33. The van der Waals surface area contributed by atoms with Gasteiger partial charge in [-0.1, -0.05) is 6.07 Å². The van der Waals surface area contributed by atoms with Gasteiger partial charge in [0.05, 0.1) is 5.51 Å². The maximum atomic E-state index is 4.51. The van der Waals surface area contributed by atoms with Crippen LogP contribution in [0.25, 0.3) is 17.0 Å². The van der Waals surface area contributed by atoms with Crippen LogP contribution >= 0.6 is 27.3 Å². The van der Waals surface area contributed by atoms with E-state index in [1.54, 1.807) is 11.3 Å². The number of pyridine rings is 1. The van der Waals surface area contributed by atoms with Crippen LogP contribution in [0.2, 0.25) is 0 Å². The molecule has 0 aliphatic heterocycles. The SMILES string of the molecule is Brc1c(-c2cscn2)nc2ccccn12. The van der Waals surface area contributed by atoms with Gasteiger partial charge in [-0.15, -0.1) is 11.3 Å². The highest BCUT2D eigenvalue weighted by Gasteiger charge is 2.12. The molecular weight excluding hydrogens is 274 g/mol. The Bertz CT molecular complexity index is 600. The summed E-state index contributed by atoms with van der Waals surface area (Å²) < 4.78 is 2.94. The molecule has 3 nitrogen and oxygen atoms in total. The lowest BCUT2D eigenvalue weighted by molar-refractivity contribution is 1.15. The van der Waals surface area contributed by atoms with E-state index in [9.17, 15) is 0 Å². The van der Waals surface area contributed by atoms with Crippen molar-refractivity contribution in [2.45, 2.75) is 0 Å². The standard InChI is InChI=1S/C10H6BrN3S/c11-10-9(7-5-15-6-12-7)13-8-3-1-2-4-14(8)10/h1-6H. The molecule has 0 aromatic carbocycles. The van der Waals surface area contributed by atoms with Crippen LogP contribution in [-0.4, -0.2) is 14.4 Å². The fraction of sp³-hybridized carbons (Fsp3) is 0. The van der Waals surface area contributed by atoms with Crippen molar-refractivity contribution in [1.82, 2.24) is 14.4 Å². The number of rotatable bonds is 1. The van der Waals surface area contributed by atoms with Crippen molar-refractivity contribution in [1.29, 1.82) is 0 Å². The zero-order chi connectivity index (χ0) is 10.3. The van der Waals surface area contributed by atoms with Crippen molar-refractivity contribution in [3.8, 4) is 11.4 Å². The predicted molar refractivity (Wildman–Crippen MR) is 64.0 cm³/mol. The molecule has 0 unspecified atom stereocenters. The van der Waals surface area contributed by atoms with Crippen molar-refractivity contribution in [2.24, 2.45) is 0 Å². The first-order valence-electron chi connectivity index (χ1n) is 4.37. The summed E-state index contributed by atoms with van der Waals surface area (Å²) in [6, 6.07) is 5.92. The molecule has 0 radical (unpaired) electrons. The van der Waals surface area contributed by atoms with Crippen molar-refractivity contribution in [3.05, 3.63) is 39.9 Å². The van der Waals surface area contributed by atoms with Crippen molar-refractivity contribution >= 4 is 32.9 Å². The van der Waals surface area contributed by atoms with E-state index < -0.39 is 0 Å². The number of halogens is 1. The Morgan fingerprint density at radius 1 is 1.33 bits per heavy atom. The number of thiazole rings is 1. The Hall–Kier alpha value is -1.20. The third-order valence-corrected chi connectivity index (χ3v) is 3.49. The highest BCUT2D eigenvalue weighted by Crippen LogP contribution is 2.28. The molecule has 0 fully saturated rings. The molecular formula is C10H6BrN3S. The van der Waals surface area contributed by atoms with Crippen LogP contribution in [0.5, 0.6) is 0 Å². The first-order valence-corrected chi connectivity index (χ1v) is 6.11. The van der Waals surface area contributed by atoms with Crippen molar-refractivity contribution in [3.63, 3.8) is 0 Å². The molecule has 0 saturated carbocycles. The Labute approximate surface area is 98.6 Å². The smallest absolute Gasteiger partial charge is 0.138 e. The molecule has 3 heterocycles. The molecule has 5 heteroatoms. The maximum absolute atomic E-state index is 4.51. The number of imidazole rings is 1. The second kappa shape index (κ2) is 3.43. The largest absolute Gasteiger partial charge is 0.294 e. The summed E-state index contributed by atoms with van der Waals surface area (Å²) >= 11 is 5.11. The zero-order valence-electron chi connectivity index (χ0n) is 7.59. The number of hydrogen-bond acceptors (Lipinski definition) is 3. The van der Waals surface area contributed by atoms with Crippen LogP contribution in [0.4, 0.5) is 0 Å². The minimum Gasteiger partial charge on any atom is -0.294 e. The van der Waals surface area contributed by atoms with E-state index in [2.05, 4.69) is 25.9 Å². The van der Waals surface area contributed by atoms with Gasteiger partial charge in [0.2, 0.25) is 0 Å². The molecule has 0 amide bonds. The molecule has 3 aromatic rings. The summed E-state index contributed by atoms with van der Waals surface area (Å²) in [6.07, 6.45) is 1.97. The minimum absolute atomic E-state index is 0.891. The third-order valence-electron chi connectivity index (χ3n) is 2.15. The number of fused-ring (bicyclic) bond motifs is 1. The van der Waals surface area contributed by atoms with E-state index in [1.807, 2.05) is 39.7 Å². The lowest BCUT2D eigenvalue weighted by Gasteiger charge is -1.92. The second-order valence-corrected chi connectivity index (χ2v) is 4.52. The molecule has 3 rings (SSSR count). The van der Waals surface area contributed by atoms with E-state index in [0.29, 0.717) is 0 Å². The lowest BCUT2D eigenvalue weighted by atomic mass is 10.4. The molecule has 0 aliphatic carbocycles. The van der Waals surface area contributed by atoms with E-state index in [0.717, 1.165) is 21.6 Å². The molecule has 74 valence electrons. The Kier molecular flexibility index (Phi) is 2.07. The summed E-state index contributed by atoms with van der Waals surface area (Å²) in [5, 5.41) is 1.99. The zero-order valence-corrected chi connectivity index (χ0v) is 9.99. The summed E-state index contributed by atoms with van der Waals surface area (Å²) in [7, 11) is 0. The van der Waals surface area contributed by atoms with Gasteiger partial charge in [-0.2, -0.15) is 0 Å². The first-order chi connectivity index (χ1) is 7.36. The molecule has 0 spiro atoms. The van der Waals surface area contributed by atoms with Gasteiger partial charge in [-0.3, -0.25) is 4.40 Å². The quantitative estimate of drug-likeness (QED) is 0.685. The normalized spacial score (nSPS) is 11.0. The van der Waals surface area contributed by atoms with Crippen LogP contribution in [0.3, 0.4) is 0 Å². The van der Waals surface area contributed by atoms with Gasteiger partial charge in [-0.25, -0.2) is 9.97 Å². The van der Waals surface area contributed by atoms with E-state index in [1.165, 1.54) is 0 Å². The van der Waals surface area contributed by atoms with Gasteiger partial charge >= 0.3 is 0 Å². The van der Waals surface area contributed by atoms with Gasteiger partial charge in [0, 0.05) is 11.6 Å². The number of nitrogens with zero attached hydrogens (tertiary/aromatic N) is 3. The summed E-state index contributed by atoms with van der Waals surface area (Å²) in [4.78, 5) is 8.77. The van der Waals surface area contributed by atoms with Gasteiger partial charge in [0.25, 0.3) is 0 Å². The van der Waals surface area contributed by atoms with Crippen LogP contribution in [0.15, 0.2) is 39.9 Å². The molecule has 0 bridgehead atoms. The van der Waals surface area contributed by atoms with Crippen LogP contribution < -0.4 is 0 Å². The second-order valence-electron chi connectivity index (χ2n) is 3.05. The Morgan fingerprint density at radius 2 is 2.27 bits per heavy atom. The summed E-state index contributed by atoms with van der Waals surface area (Å²) in [5.74, 6) is 0. The van der Waals surface area contributed by atoms with Gasteiger partial charge in [0.1, 0.15) is 21.6 Å². The predicted octanol–water partition coefficient (Wildman–Crippen LogP) is 3.22. The van der Waals surface area contributed by atoms with E-state index in [-0.39, 0.29) is 0 Å². The average Bonchev–Trinajstić information content (AvgIpc) is 2.87. The monoisotopic (exact) mass is 279 g/mol. The minimum atomic E-state index is 0.891. The van der Waals surface area contributed by atoms with E-state index in [4.69, 9.17) is 0 Å². The first kappa shape index (κ1) is 9.06. The Morgan fingerprint density at radius 3 is 3.00 bits per heavy atom. The van der Waals surface area contributed by atoms with E-state index >= 15 is 0 Å². The number of hydrogen-bond donors (Lipinski definition) is 0. The van der Waals surface area contributed by atoms with Crippen LogP contribution in [0, 0.1) is 0 Å². The van der Waals surface area contributed by atoms with Crippen LogP contribution in [-0.2, 0) is 0 Å². The van der Waals surface area contributed by atoms with Gasteiger partial charge in [0.15, 0.2) is 0 Å².